The first kappa shape index (κ1) is 10.7. The van der Waals surface area contributed by atoms with Crippen LogP contribution in [0.5, 0.6) is 5.75 Å². The van der Waals surface area contributed by atoms with Crippen molar-refractivity contribution in [3.05, 3.63) is 48.0 Å². The molecule has 4 heteroatoms. The highest BCUT2D eigenvalue weighted by atomic mass is 16.3. The van der Waals surface area contributed by atoms with Crippen molar-refractivity contribution in [3.8, 4) is 11.4 Å². The van der Waals surface area contributed by atoms with Crippen LogP contribution in [0.2, 0.25) is 0 Å². The monoisotopic (exact) mass is 239 g/mol. The number of para-hydroxylation sites is 3. The zero-order chi connectivity index (χ0) is 12.7. The second kappa shape index (κ2) is 3.77. The third-order valence-electron chi connectivity index (χ3n) is 3.04. The molecular formula is C14H13N3O. The van der Waals surface area contributed by atoms with Gasteiger partial charge in [-0.1, -0.05) is 24.3 Å². The summed E-state index contributed by atoms with van der Waals surface area (Å²) in [6, 6.07) is 13.2. The molecule has 0 saturated heterocycles. The van der Waals surface area contributed by atoms with Crippen molar-refractivity contribution >= 4 is 17.0 Å². The Hall–Kier alpha value is -2.49. The van der Waals surface area contributed by atoms with Crippen LogP contribution in [0.25, 0.3) is 16.7 Å². The number of benzene rings is 2. The molecule has 0 fully saturated rings. The molecule has 2 aromatic carbocycles. The number of aryl methyl sites for hydroxylation is 1. The second-order valence-electron chi connectivity index (χ2n) is 4.24. The van der Waals surface area contributed by atoms with Crippen molar-refractivity contribution in [2.45, 2.75) is 6.92 Å². The fraction of sp³-hybridized carbons (Fsp3) is 0.0714. The summed E-state index contributed by atoms with van der Waals surface area (Å²) in [5.41, 5.74) is 9.11. The second-order valence-corrected chi connectivity index (χ2v) is 4.24. The van der Waals surface area contributed by atoms with Crippen LogP contribution < -0.4 is 5.73 Å². The van der Waals surface area contributed by atoms with Gasteiger partial charge in [0.05, 0.1) is 16.7 Å². The Morgan fingerprint density at radius 1 is 1.11 bits per heavy atom. The number of fused-ring (bicyclic) bond motifs is 1. The van der Waals surface area contributed by atoms with Crippen LogP contribution in [0.1, 0.15) is 5.56 Å². The molecule has 1 aromatic heterocycles. The van der Waals surface area contributed by atoms with E-state index in [4.69, 9.17) is 5.73 Å². The summed E-state index contributed by atoms with van der Waals surface area (Å²) in [4.78, 5) is 4.29. The lowest BCUT2D eigenvalue weighted by atomic mass is 10.2. The molecule has 3 N–H and O–H groups in total. The topological polar surface area (TPSA) is 64.1 Å². The van der Waals surface area contributed by atoms with Crippen LogP contribution in [0.15, 0.2) is 42.5 Å². The molecule has 1 heterocycles. The lowest BCUT2D eigenvalue weighted by Gasteiger charge is -2.10. The van der Waals surface area contributed by atoms with E-state index >= 15 is 0 Å². The summed E-state index contributed by atoms with van der Waals surface area (Å²) in [5.74, 6) is 0.601. The van der Waals surface area contributed by atoms with Crippen molar-refractivity contribution < 1.29 is 5.11 Å². The van der Waals surface area contributed by atoms with E-state index < -0.39 is 0 Å². The van der Waals surface area contributed by atoms with Gasteiger partial charge in [-0.3, -0.25) is 4.57 Å². The van der Waals surface area contributed by atoms with Gasteiger partial charge in [0.25, 0.3) is 0 Å². The highest BCUT2D eigenvalue weighted by molar-refractivity contribution is 5.81. The van der Waals surface area contributed by atoms with E-state index in [1.54, 1.807) is 4.57 Å². The molecule has 0 aliphatic heterocycles. The lowest BCUT2D eigenvalue weighted by molar-refractivity contribution is 0.468. The molecule has 3 aromatic rings. The Balaban J connectivity index is 2.38. The number of nitrogens with two attached hydrogens (primary N) is 1. The largest absolute Gasteiger partial charge is 0.505 e. The fourth-order valence-electron chi connectivity index (χ4n) is 2.12. The van der Waals surface area contributed by atoms with Gasteiger partial charge in [0.15, 0.2) is 0 Å². The maximum Gasteiger partial charge on any atom is 0.206 e. The molecule has 0 aliphatic carbocycles. The van der Waals surface area contributed by atoms with Crippen LogP contribution in [-0.2, 0) is 0 Å². The molecule has 3 rings (SSSR count). The standard InChI is InChI=1S/C14H13N3O/c1-9-5-4-8-12(13(9)18)17-11-7-3-2-6-10(11)16-14(17)15/h2-8,18H,1H3,(H2,15,16). The molecule has 0 bridgehead atoms. The number of imidazole rings is 1. The number of hydrogen-bond acceptors (Lipinski definition) is 3. The van der Waals surface area contributed by atoms with E-state index in [0.29, 0.717) is 11.6 Å². The van der Waals surface area contributed by atoms with Crippen LogP contribution >= 0.6 is 0 Å². The summed E-state index contributed by atoms with van der Waals surface area (Å²) in [5, 5.41) is 10.1. The van der Waals surface area contributed by atoms with Crippen LogP contribution in [0.4, 0.5) is 5.95 Å². The minimum Gasteiger partial charge on any atom is -0.505 e. The predicted molar refractivity (Wildman–Crippen MR) is 71.9 cm³/mol. The summed E-state index contributed by atoms with van der Waals surface area (Å²) in [6.07, 6.45) is 0. The maximum atomic E-state index is 10.1. The smallest absolute Gasteiger partial charge is 0.206 e. The van der Waals surface area contributed by atoms with Gasteiger partial charge in [-0.25, -0.2) is 4.98 Å². The van der Waals surface area contributed by atoms with Crippen molar-refractivity contribution in [2.75, 3.05) is 5.73 Å². The number of phenols is 1. The molecule has 90 valence electrons. The van der Waals surface area contributed by atoms with Gasteiger partial charge in [0.2, 0.25) is 5.95 Å². The number of phenolic OH excluding ortho intramolecular Hbond substituents is 1. The fourth-order valence-corrected chi connectivity index (χ4v) is 2.12. The molecule has 0 atom stereocenters. The third kappa shape index (κ3) is 1.43. The SMILES string of the molecule is Cc1cccc(-n2c(N)nc3ccccc32)c1O. The van der Waals surface area contributed by atoms with Crippen LogP contribution in [0.3, 0.4) is 0 Å². The van der Waals surface area contributed by atoms with Gasteiger partial charge < -0.3 is 10.8 Å². The van der Waals surface area contributed by atoms with Crippen LogP contribution in [-0.4, -0.2) is 14.7 Å². The highest BCUT2D eigenvalue weighted by Crippen LogP contribution is 2.30. The molecule has 4 nitrogen and oxygen atoms in total. The molecule has 0 spiro atoms. The average Bonchev–Trinajstić information content (AvgIpc) is 2.69. The number of anilines is 1. The van der Waals surface area contributed by atoms with Gasteiger partial charge in [-0.15, -0.1) is 0 Å². The van der Waals surface area contributed by atoms with E-state index in [1.165, 1.54) is 0 Å². The normalized spacial score (nSPS) is 10.9. The van der Waals surface area contributed by atoms with E-state index in [-0.39, 0.29) is 5.75 Å². The Morgan fingerprint density at radius 2 is 1.89 bits per heavy atom. The number of aromatic hydroxyl groups is 1. The zero-order valence-electron chi connectivity index (χ0n) is 9.96. The average molecular weight is 239 g/mol. The van der Waals surface area contributed by atoms with Crippen molar-refractivity contribution in [3.63, 3.8) is 0 Å². The van der Waals surface area contributed by atoms with Gasteiger partial charge in [0, 0.05) is 0 Å². The first-order chi connectivity index (χ1) is 8.68. The van der Waals surface area contributed by atoms with Gasteiger partial charge >= 0.3 is 0 Å². The summed E-state index contributed by atoms with van der Waals surface area (Å²) >= 11 is 0. The van der Waals surface area contributed by atoms with Gasteiger partial charge in [0.1, 0.15) is 5.75 Å². The zero-order valence-corrected chi connectivity index (χ0v) is 9.96. The number of nitrogens with zero attached hydrogens (tertiary/aromatic N) is 2. The van der Waals surface area contributed by atoms with Crippen molar-refractivity contribution in [1.82, 2.24) is 9.55 Å². The molecule has 0 unspecified atom stereocenters. The minimum absolute atomic E-state index is 0.229. The molecule has 0 aliphatic rings. The van der Waals surface area contributed by atoms with E-state index in [1.807, 2.05) is 49.4 Å². The Morgan fingerprint density at radius 3 is 2.72 bits per heavy atom. The summed E-state index contributed by atoms with van der Waals surface area (Å²) in [6.45, 7) is 1.86. The number of hydrogen-bond donors (Lipinski definition) is 2. The number of rotatable bonds is 1. The van der Waals surface area contributed by atoms with E-state index in [2.05, 4.69) is 4.98 Å². The van der Waals surface area contributed by atoms with Crippen molar-refractivity contribution in [2.24, 2.45) is 0 Å². The molecule has 18 heavy (non-hydrogen) atoms. The first-order valence-electron chi connectivity index (χ1n) is 5.70. The molecule has 0 amide bonds. The van der Waals surface area contributed by atoms with Gasteiger partial charge in [-0.05, 0) is 30.7 Å². The van der Waals surface area contributed by atoms with E-state index in [0.717, 1.165) is 16.6 Å². The number of aromatic nitrogens is 2. The Bertz CT molecular complexity index is 731. The first-order valence-corrected chi connectivity index (χ1v) is 5.70. The third-order valence-corrected chi connectivity index (χ3v) is 3.04. The molecular weight excluding hydrogens is 226 g/mol. The minimum atomic E-state index is 0.229. The summed E-state index contributed by atoms with van der Waals surface area (Å²) in [7, 11) is 0. The quantitative estimate of drug-likeness (QED) is 0.686. The predicted octanol–water partition coefficient (Wildman–Crippen LogP) is 2.62. The molecule has 0 saturated carbocycles. The van der Waals surface area contributed by atoms with E-state index in [9.17, 15) is 5.11 Å². The Labute approximate surface area is 104 Å². The van der Waals surface area contributed by atoms with Crippen molar-refractivity contribution in [1.29, 1.82) is 0 Å². The highest BCUT2D eigenvalue weighted by Gasteiger charge is 2.13. The molecule has 0 radical (unpaired) electrons. The summed E-state index contributed by atoms with van der Waals surface area (Å²) < 4.78 is 1.76. The van der Waals surface area contributed by atoms with Crippen LogP contribution in [0, 0.1) is 6.92 Å². The number of nitrogen functional groups attached to an aromatic ring is 1. The van der Waals surface area contributed by atoms with Gasteiger partial charge in [-0.2, -0.15) is 0 Å². The Kier molecular flexibility index (Phi) is 2.23. The lowest BCUT2D eigenvalue weighted by Crippen LogP contribution is -2.01. The maximum absolute atomic E-state index is 10.1.